The summed E-state index contributed by atoms with van der Waals surface area (Å²) in [6, 6.07) is 9.95. The van der Waals surface area contributed by atoms with Crippen molar-refractivity contribution in [3.63, 3.8) is 0 Å². The number of hydrogen-bond donors (Lipinski definition) is 3. The molecule has 1 heterocycles. The van der Waals surface area contributed by atoms with E-state index in [2.05, 4.69) is 15.3 Å². The molecule has 0 spiro atoms. The number of aromatic amines is 1. The van der Waals surface area contributed by atoms with Gasteiger partial charge in [-0.1, -0.05) is 42.5 Å². The Labute approximate surface area is 111 Å². The Morgan fingerprint density at radius 3 is 2.79 bits per heavy atom. The lowest BCUT2D eigenvalue weighted by molar-refractivity contribution is 1.07. The van der Waals surface area contributed by atoms with Crippen LogP contribution >= 0.6 is 0 Å². The number of nitrogens with zero attached hydrogens (tertiary/aromatic N) is 1. The molecule has 0 bridgehead atoms. The number of aromatic nitrogens is 2. The Morgan fingerprint density at radius 1 is 1.37 bits per heavy atom. The number of nitrogens with two attached hydrogens (primary N) is 1. The van der Waals surface area contributed by atoms with E-state index in [1.807, 2.05) is 42.5 Å². The summed E-state index contributed by atoms with van der Waals surface area (Å²) in [5.74, 6) is 0.132. The van der Waals surface area contributed by atoms with E-state index in [1.54, 1.807) is 6.92 Å². The summed E-state index contributed by atoms with van der Waals surface area (Å²) in [6.45, 7) is 2.29. The summed E-state index contributed by atoms with van der Waals surface area (Å²) >= 11 is 0. The zero-order chi connectivity index (χ0) is 13.7. The van der Waals surface area contributed by atoms with Gasteiger partial charge in [0.25, 0.3) is 5.56 Å². The number of benzene rings is 1. The van der Waals surface area contributed by atoms with Gasteiger partial charge in [0.2, 0.25) is 5.95 Å². The molecule has 1 aromatic heterocycles. The zero-order valence-electron chi connectivity index (χ0n) is 10.7. The van der Waals surface area contributed by atoms with Crippen molar-refractivity contribution in [3.8, 4) is 0 Å². The highest BCUT2D eigenvalue weighted by molar-refractivity contribution is 5.52. The number of nitrogens with one attached hydrogen (secondary N) is 2. The first-order valence-corrected chi connectivity index (χ1v) is 5.98. The van der Waals surface area contributed by atoms with Gasteiger partial charge in [0.15, 0.2) is 0 Å². The molecular formula is C14H16N4O. The average Bonchev–Trinajstić information content (AvgIpc) is 2.38. The number of hydrogen-bond acceptors (Lipinski definition) is 4. The minimum Gasteiger partial charge on any atom is -0.376 e. The van der Waals surface area contributed by atoms with Gasteiger partial charge in [-0.2, -0.15) is 0 Å². The summed E-state index contributed by atoms with van der Waals surface area (Å²) in [7, 11) is 0. The number of rotatable bonds is 4. The third-order valence-electron chi connectivity index (χ3n) is 2.63. The van der Waals surface area contributed by atoms with Crippen molar-refractivity contribution in [2.75, 3.05) is 17.6 Å². The van der Waals surface area contributed by atoms with Gasteiger partial charge >= 0.3 is 0 Å². The van der Waals surface area contributed by atoms with E-state index in [9.17, 15) is 4.79 Å². The lowest BCUT2D eigenvalue weighted by Crippen LogP contribution is -2.19. The molecule has 0 saturated heterocycles. The normalized spacial score (nSPS) is 10.8. The number of anilines is 2. The summed E-state index contributed by atoms with van der Waals surface area (Å²) in [6.07, 6.45) is 3.94. The molecule has 0 amide bonds. The van der Waals surface area contributed by atoms with Crippen LogP contribution in [-0.4, -0.2) is 16.5 Å². The minimum absolute atomic E-state index is 0.132. The van der Waals surface area contributed by atoms with Crippen LogP contribution in [0.5, 0.6) is 0 Å². The summed E-state index contributed by atoms with van der Waals surface area (Å²) in [4.78, 5) is 18.1. The summed E-state index contributed by atoms with van der Waals surface area (Å²) in [5, 5.41) is 3.03. The second-order valence-corrected chi connectivity index (χ2v) is 4.11. The van der Waals surface area contributed by atoms with Crippen LogP contribution in [0, 0.1) is 6.92 Å². The molecule has 5 nitrogen and oxygen atoms in total. The first-order valence-electron chi connectivity index (χ1n) is 5.98. The van der Waals surface area contributed by atoms with E-state index >= 15 is 0 Å². The van der Waals surface area contributed by atoms with E-state index in [0.717, 1.165) is 5.56 Å². The molecule has 0 saturated carbocycles. The standard InChI is InChI=1S/C14H16N4O/c1-10-12(13(19)18-14(15)17-10)16-9-5-8-11-6-3-2-4-7-11/h2-8,16H,9H2,1H3,(H3,15,17,18,19)/b8-5+. The highest BCUT2D eigenvalue weighted by atomic mass is 16.1. The molecular weight excluding hydrogens is 240 g/mol. The molecule has 2 aromatic rings. The van der Waals surface area contributed by atoms with Gasteiger partial charge in [-0.05, 0) is 12.5 Å². The molecule has 0 radical (unpaired) electrons. The van der Waals surface area contributed by atoms with Crippen molar-refractivity contribution < 1.29 is 0 Å². The highest BCUT2D eigenvalue weighted by Gasteiger charge is 2.04. The van der Waals surface area contributed by atoms with Gasteiger partial charge in [0.1, 0.15) is 5.69 Å². The molecule has 0 aliphatic heterocycles. The van der Waals surface area contributed by atoms with Crippen molar-refractivity contribution >= 4 is 17.7 Å². The van der Waals surface area contributed by atoms with Crippen molar-refractivity contribution in [1.82, 2.24) is 9.97 Å². The van der Waals surface area contributed by atoms with Gasteiger partial charge in [-0.25, -0.2) is 4.98 Å². The predicted octanol–water partition coefficient (Wildman–Crippen LogP) is 1.79. The minimum atomic E-state index is -0.252. The maximum Gasteiger partial charge on any atom is 0.275 e. The highest BCUT2D eigenvalue weighted by Crippen LogP contribution is 2.06. The van der Waals surface area contributed by atoms with Crippen LogP contribution in [0.3, 0.4) is 0 Å². The Kier molecular flexibility index (Phi) is 3.97. The first-order chi connectivity index (χ1) is 9.16. The molecule has 0 unspecified atom stereocenters. The molecule has 0 aliphatic carbocycles. The van der Waals surface area contributed by atoms with Crippen LogP contribution < -0.4 is 16.6 Å². The Balaban J connectivity index is 2.01. The molecule has 19 heavy (non-hydrogen) atoms. The molecule has 1 aromatic carbocycles. The fourth-order valence-electron chi connectivity index (χ4n) is 1.74. The number of nitrogen functional groups attached to an aromatic ring is 1. The maximum atomic E-state index is 11.7. The zero-order valence-corrected chi connectivity index (χ0v) is 10.7. The van der Waals surface area contributed by atoms with Gasteiger partial charge < -0.3 is 11.1 Å². The Bertz CT molecular complexity index is 632. The molecule has 0 fully saturated rings. The average molecular weight is 256 g/mol. The molecule has 2 rings (SSSR count). The van der Waals surface area contributed by atoms with Crippen LogP contribution in [0.25, 0.3) is 6.08 Å². The van der Waals surface area contributed by atoms with Crippen molar-refractivity contribution in [2.24, 2.45) is 0 Å². The van der Waals surface area contributed by atoms with Gasteiger partial charge in [0.05, 0.1) is 5.69 Å². The van der Waals surface area contributed by atoms with Crippen LogP contribution in [0.2, 0.25) is 0 Å². The summed E-state index contributed by atoms with van der Waals surface area (Å²) in [5.41, 5.74) is 7.36. The smallest absolute Gasteiger partial charge is 0.275 e. The lowest BCUT2D eigenvalue weighted by Gasteiger charge is -2.05. The van der Waals surface area contributed by atoms with Crippen molar-refractivity contribution in [1.29, 1.82) is 0 Å². The van der Waals surface area contributed by atoms with Crippen LogP contribution in [0.4, 0.5) is 11.6 Å². The second kappa shape index (κ2) is 5.86. The predicted molar refractivity (Wildman–Crippen MR) is 78.0 cm³/mol. The Morgan fingerprint density at radius 2 is 2.11 bits per heavy atom. The van der Waals surface area contributed by atoms with Crippen LogP contribution in [-0.2, 0) is 0 Å². The lowest BCUT2D eigenvalue weighted by atomic mass is 10.2. The van der Waals surface area contributed by atoms with Crippen LogP contribution in [0.15, 0.2) is 41.2 Å². The van der Waals surface area contributed by atoms with E-state index in [-0.39, 0.29) is 11.5 Å². The molecule has 5 heteroatoms. The van der Waals surface area contributed by atoms with Gasteiger partial charge in [-0.15, -0.1) is 0 Å². The van der Waals surface area contributed by atoms with E-state index in [1.165, 1.54) is 0 Å². The maximum absolute atomic E-state index is 11.7. The number of aryl methyl sites for hydroxylation is 1. The largest absolute Gasteiger partial charge is 0.376 e. The summed E-state index contributed by atoms with van der Waals surface area (Å²) < 4.78 is 0. The monoisotopic (exact) mass is 256 g/mol. The molecule has 0 aliphatic rings. The molecule has 98 valence electrons. The van der Waals surface area contributed by atoms with Gasteiger partial charge in [-0.3, -0.25) is 9.78 Å². The quantitative estimate of drug-likeness (QED) is 0.778. The second-order valence-electron chi connectivity index (χ2n) is 4.11. The van der Waals surface area contributed by atoms with Crippen LogP contribution in [0.1, 0.15) is 11.3 Å². The van der Waals surface area contributed by atoms with E-state index in [0.29, 0.717) is 17.9 Å². The first kappa shape index (κ1) is 12.9. The Hall–Kier alpha value is -2.56. The van der Waals surface area contributed by atoms with Crippen molar-refractivity contribution in [2.45, 2.75) is 6.92 Å². The fourth-order valence-corrected chi connectivity index (χ4v) is 1.74. The van der Waals surface area contributed by atoms with E-state index in [4.69, 9.17) is 5.73 Å². The molecule has 4 N–H and O–H groups in total. The molecule has 0 atom stereocenters. The van der Waals surface area contributed by atoms with E-state index < -0.39 is 0 Å². The SMILES string of the molecule is Cc1nc(N)[nH]c(=O)c1NC/C=C/c1ccccc1. The van der Waals surface area contributed by atoms with Crippen molar-refractivity contribution in [3.05, 3.63) is 58.0 Å². The topological polar surface area (TPSA) is 83.8 Å². The third kappa shape index (κ3) is 3.45. The fraction of sp³-hybridized carbons (Fsp3) is 0.143. The van der Waals surface area contributed by atoms with Gasteiger partial charge in [0, 0.05) is 6.54 Å². The number of H-pyrrole nitrogens is 1. The third-order valence-corrected chi connectivity index (χ3v) is 2.63.